The summed E-state index contributed by atoms with van der Waals surface area (Å²) < 4.78 is 0. The topological polar surface area (TPSA) is 87.0 Å². The fourth-order valence-corrected chi connectivity index (χ4v) is 1.08. The number of hydrogen-bond acceptors (Lipinski definition) is 4. The van der Waals surface area contributed by atoms with Gasteiger partial charge in [0.25, 0.3) is 0 Å². The molecular weight excluding hydrogens is 241 g/mol. The molecule has 5 nitrogen and oxygen atoms in total. The number of carboxylic acids is 2. The third kappa shape index (κ3) is 3.84. The number of aromatic carboxylic acids is 2. The predicted octanol–water partition coefficient (Wildman–Crippen LogP) is 1.17. The Morgan fingerprint density at radius 1 is 1.12 bits per heavy atom. The van der Waals surface area contributed by atoms with Gasteiger partial charge in [-0.3, -0.25) is 0 Å². The average molecular weight is 247 g/mol. The number of carbonyl (C=O) groups is 2. The number of nitrogens with zero attached hydrogens (tertiary/aromatic N) is 1. The number of aliphatic imine (C=N–C) groups is 1. The summed E-state index contributed by atoms with van der Waals surface area (Å²) in [4.78, 5) is 24.8. The van der Waals surface area contributed by atoms with Crippen LogP contribution in [0.2, 0.25) is 0 Å². The van der Waals surface area contributed by atoms with Gasteiger partial charge in [-0.25, -0.2) is 9.59 Å². The van der Waals surface area contributed by atoms with E-state index in [-0.39, 0.29) is 46.4 Å². The van der Waals surface area contributed by atoms with E-state index in [1.54, 1.807) is 0 Å². The van der Waals surface area contributed by atoms with Crippen LogP contribution in [0.4, 0.5) is 5.69 Å². The number of isothiocyanates is 1. The third-order valence-corrected chi connectivity index (χ3v) is 1.68. The molecule has 0 heterocycles. The SMILES string of the molecule is O=C(O)c1cc(N=C=S)cc(C(=O)O)c1.[NaH]. The fraction of sp³-hybridized carbons (Fsp3) is 0. The normalized spacial score (nSPS) is 8.50. The molecule has 0 aliphatic rings. The number of hydrogen-bond donors (Lipinski definition) is 2. The number of thiocarbonyl (C=S) groups is 1. The molecule has 0 aliphatic heterocycles. The zero-order valence-electron chi connectivity index (χ0n) is 7.30. The Morgan fingerprint density at radius 2 is 1.56 bits per heavy atom. The van der Waals surface area contributed by atoms with Crippen LogP contribution in [0.25, 0.3) is 0 Å². The van der Waals surface area contributed by atoms with Gasteiger partial charge in [0.15, 0.2) is 0 Å². The van der Waals surface area contributed by atoms with Crippen LogP contribution in [0.5, 0.6) is 0 Å². The fourth-order valence-electron chi connectivity index (χ4n) is 0.975. The zero-order valence-corrected chi connectivity index (χ0v) is 8.11. The van der Waals surface area contributed by atoms with Crippen LogP contribution in [-0.2, 0) is 0 Å². The summed E-state index contributed by atoms with van der Waals surface area (Å²) in [7, 11) is 0. The minimum absolute atomic E-state index is 0. The standard InChI is InChI=1S/C9H5NO4S.Na.H/c11-8(12)5-1-6(9(13)14)3-7(2-5)10-4-15;;/h1-3H,(H,11,12)(H,13,14);;. The van der Waals surface area contributed by atoms with Crippen molar-refractivity contribution in [3.05, 3.63) is 29.3 Å². The molecule has 16 heavy (non-hydrogen) atoms. The molecule has 0 radical (unpaired) electrons. The van der Waals surface area contributed by atoms with Gasteiger partial charge in [0.05, 0.1) is 22.0 Å². The Hall–Kier alpha value is -1.04. The second kappa shape index (κ2) is 6.52. The molecule has 0 bridgehead atoms. The van der Waals surface area contributed by atoms with Gasteiger partial charge in [-0.15, -0.1) is 0 Å². The van der Waals surface area contributed by atoms with Gasteiger partial charge >= 0.3 is 41.5 Å². The van der Waals surface area contributed by atoms with E-state index in [0.717, 1.165) is 6.07 Å². The van der Waals surface area contributed by atoms with Crippen molar-refractivity contribution in [2.75, 3.05) is 0 Å². The van der Waals surface area contributed by atoms with Gasteiger partial charge < -0.3 is 10.2 Å². The van der Waals surface area contributed by atoms with Crippen molar-refractivity contribution in [3.8, 4) is 0 Å². The van der Waals surface area contributed by atoms with E-state index in [4.69, 9.17) is 10.2 Å². The Labute approximate surface area is 118 Å². The molecule has 0 unspecified atom stereocenters. The van der Waals surface area contributed by atoms with E-state index in [2.05, 4.69) is 17.2 Å². The molecule has 1 aromatic carbocycles. The van der Waals surface area contributed by atoms with Crippen molar-refractivity contribution in [2.45, 2.75) is 0 Å². The van der Waals surface area contributed by atoms with Crippen LogP contribution in [0.3, 0.4) is 0 Å². The van der Waals surface area contributed by atoms with Crippen molar-refractivity contribution in [3.63, 3.8) is 0 Å². The molecular formula is C9H6NNaO4S. The van der Waals surface area contributed by atoms with Gasteiger partial charge in [0, 0.05) is 0 Å². The summed E-state index contributed by atoms with van der Waals surface area (Å²) >= 11 is 4.34. The van der Waals surface area contributed by atoms with E-state index in [1.165, 1.54) is 12.1 Å². The molecule has 1 aromatic rings. The molecule has 0 saturated carbocycles. The van der Waals surface area contributed by atoms with Crippen molar-refractivity contribution < 1.29 is 19.8 Å². The second-order valence-corrected chi connectivity index (χ2v) is 2.76. The first-order valence-corrected chi connectivity index (χ1v) is 4.15. The molecule has 0 atom stereocenters. The van der Waals surface area contributed by atoms with Crippen LogP contribution in [0, 0.1) is 0 Å². The van der Waals surface area contributed by atoms with E-state index in [1.807, 2.05) is 5.16 Å². The summed E-state index contributed by atoms with van der Waals surface area (Å²) in [6.45, 7) is 0. The Balaban J connectivity index is 0.00000225. The van der Waals surface area contributed by atoms with Crippen LogP contribution >= 0.6 is 12.2 Å². The molecule has 7 heteroatoms. The Kier molecular flexibility index (Phi) is 6.10. The van der Waals surface area contributed by atoms with E-state index >= 15 is 0 Å². The number of carboxylic acid groups (broad SMARTS) is 2. The summed E-state index contributed by atoms with van der Waals surface area (Å²) in [5, 5.41) is 19.4. The maximum absolute atomic E-state index is 10.7. The second-order valence-electron chi connectivity index (χ2n) is 2.58. The molecule has 78 valence electrons. The van der Waals surface area contributed by atoms with Crippen molar-refractivity contribution in [2.24, 2.45) is 4.99 Å². The van der Waals surface area contributed by atoms with Crippen LogP contribution in [0.15, 0.2) is 23.2 Å². The van der Waals surface area contributed by atoms with Crippen molar-refractivity contribution in [1.82, 2.24) is 0 Å². The average Bonchev–Trinajstić information content (AvgIpc) is 2.17. The van der Waals surface area contributed by atoms with E-state index in [9.17, 15) is 9.59 Å². The quantitative estimate of drug-likeness (QED) is 0.475. The summed E-state index contributed by atoms with van der Waals surface area (Å²) in [6, 6.07) is 3.48. The summed E-state index contributed by atoms with van der Waals surface area (Å²) in [5.74, 6) is -2.45. The van der Waals surface area contributed by atoms with Gasteiger partial charge in [0.1, 0.15) is 0 Å². The zero-order chi connectivity index (χ0) is 11.4. The first-order valence-electron chi connectivity index (χ1n) is 3.74. The molecule has 0 aliphatic carbocycles. The molecule has 0 amide bonds. The Morgan fingerprint density at radius 3 is 1.88 bits per heavy atom. The van der Waals surface area contributed by atoms with Crippen LogP contribution < -0.4 is 0 Å². The van der Waals surface area contributed by atoms with Crippen molar-refractivity contribution in [1.29, 1.82) is 0 Å². The molecule has 1 rings (SSSR count). The third-order valence-electron chi connectivity index (χ3n) is 1.59. The first-order chi connectivity index (χ1) is 7.04. The predicted molar refractivity (Wildman–Crippen MR) is 62.2 cm³/mol. The van der Waals surface area contributed by atoms with Gasteiger partial charge in [-0.05, 0) is 30.4 Å². The summed E-state index contributed by atoms with van der Waals surface area (Å²) in [5.41, 5.74) is -0.153. The molecule has 2 N–H and O–H groups in total. The van der Waals surface area contributed by atoms with Gasteiger partial charge in [0.2, 0.25) is 0 Å². The summed E-state index contributed by atoms with van der Waals surface area (Å²) in [6.07, 6.45) is 0. The Bertz CT molecular complexity index is 420. The number of benzene rings is 1. The van der Waals surface area contributed by atoms with Crippen LogP contribution in [-0.4, -0.2) is 56.9 Å². The maximum atomic E-state index is 10.7. The molecule has 0 fully saturated rings. The molecule has 0 spiro atoms. The van der Waals surface area contributed by atoms with Gasteiger partial charge in [-0.2, -0.15) is 4.99 Å². The number of rotatable bonds is 3. The molecule has 0 aromatic heterocycles. The van der Waals surface area contributed by atoms with E-state index in [0.29, 0.717) is 0 Å². The van der Waals surface area contributed by atoms with E-state index < -0.39 is 11.9 Å². The van der Waals surface area contributed by atoms with Crippen molar-refractivity contribution >= 4 is 64.6 Å². The molecule has 0 saturated heterocycles. The van der Waals surface area contributed by atoms with Gasteiger partial charge in [-0.1, -0.05) is 0 Å². The minimum atomic E-state index is -1.22. The first kappa shape index (κ1) is 15.0. The monoisotopic (exact) mass is 247 g/mol. The van der Waals surface area contributed by atoms with Crippen LogP contribution in [0.1, 0.15) is 20.7 Å².